The van der Waals surface area contributed by atoms with Gasteiger partial charge < -0.3 is 10.1 Å². The summed E-state index contributed by atoms with van der Waals surface area (Å²) in [5.41, 5.74) is 0. The number of halogens is 2. The van der Waals surface area contributed by atoms with Gasteiger partial charge in [-0.05, 0) is 12.2 Å². The van der Waals surface area contributed by atoms with Crippen LogP contribution < -0.4 is 5.32 Å². The van der Waals surface area contributed by atoms with Crippen LogP contribution in [-0.2, 0) is 9.53 Å². The lowest BCUT2D eigenvalue weighted by molar-refractivity contribution is -0.144. The first-order chi connectivity index (χ1) is 6.58. The van der Waals surface area contributed by atoms with Gasteiger partial charge in [-0.3, -0.25) is 0 Å². The van der Waals surface area contributed by atoms with Crippen LogP contribution in [0.5, 0.6) is 0 Å². The predicted octanol–water partition coefficient (Wildman–Crippen LogP) is 1.89. The van der Waals surface area contributed by atoms with Crippen molar-refractivity contribution >= 4 is 29.2 Å². The van der Waals surface area contributed by atoms with Crippen molar-refractivity contribution in [1.82, 2.24) is 5.32 Å². The van der Waals surface area contributed by atoms with Gasteiger partial charge in [0.1, 0.15) is 11.8 Å². The Balaban J connectivity index is 2.67. The Morgan fingerprint density at radius 3 is 3.07 bits per heavy atom. The minimum Gasteiger partial charge on any atom is -0.459 e. The lowest BCUT2D eigenvalue weighted by Gasteiger charge is -2.25. The van der Waals surface area contributed by atoms with Crippen molar-refractivity contribution in [2.24, 2.45) is 0 Å². The Hall–Kier alpha value is -0.930. The first-order valence-electron chi connectivity index (χ1n) is 3.89. The van der Waals surface area contributed by atoms with E-state index in [0.717, 1.165) is 0 Å². The fraction of sp³-hybridized carbons (Fsp3) is 0.222. The van der Waals surface area contributed by atoms with Gasteiger partial charge >= 0.3 is 5.97 Å². The number of alkyl halides is 1. The van der Waals surface area contributed by atoms with Gasteiger partial charge in [0, 0.05) is 0 Å². The number of carbonyl (C=O) groups excluding carboxylic acids is 1. The Morgan fingerprint density at radius 2 is 2.50 bits per heavy atom. The number of rotatable bonds is 3. The average Bonchev–Trinajstić information content (AvgIpc) is 2.13. The molecule has 1 unspecified atom stereocenters. The highest BCUT2D eigenvalue weighted by atomic mass is 35.5. The highest BCUT2D eigenvalue weighted by Gasteiger charge is 2.36. The molecule has 1 aliphatic heterocycles. The molecular formula is C9H9Cl2NO2. The van der Waals surface area contributed by atoms with Crippen LogP contribution >= 0.6 is 23.2 Å². The summed E-state index contributed by atoms with van der Waals surface area (Å²) in [5.74, 6) is -0.610. The van der Waals surface area contributed by atoms with Crippen molar-refractivity contribution in [1.29, 1.82) is 0 Å². The first-order valence-corrected chi connectivity index (χ1v) is 4.64. The van der Waals surface area contributed by atoms with Crippen LogP contribution in [0, 0.1) is 0 Å². The summed E-state index contributed by atoms with van der Waals surface area (Å²) in [6, 6.07) is 0. The van der Waals surface area contributed by atoms with Gasteiger partial charge in [-0.15, -0.1) is 0 Å². The minimum atomic E-state index is -1.41. The molecule has 0 saturated heterocycles. The number of carbonyl (C=O) groups is 1. The number of dihydropyridines is 1. The average molecular weight is 234 g/mol. The van der Waals surface area contributed by atoms with Crippen LogP contribution in [0.4, 0.5) is 0 Å². The van der Waals surface area contributed by atoms with Crippen LogP contribution in [0.2, 0.25) is 0 Å². The molecule has 0 aromatic heterocycles. The molecule has 0 aromatic carbocycles. The minimum absolute atomic E-state index is 0.115. The number of nitrogens with one attached hydrogen (secondary N) is 1. The van der Waals surface area contributed by atoms with Crippen LogP contribution in [-0.4, -0.2) is 17.6 Å². The van der Waals surface area contributed by atoms with E-state index in [1.54, 1.807) is 12.2 Å². The second-order valence-electron chi connectivity index (χ2n) is 2.60. The summed E-state index contributed by atoms with van der Waals surface area (Å²) in [6.07, 6.45) is 6.10. The summed E-state index contributed by atoms with van der Waals surface area (Å²) in [5, 5.41) is 2.89. The topological polar surface area (TPSA) is 38.3 Å². The zero-order valence-corrected chi connectivity index (χ0v) is 8.81. The van der Waals surface area contributed by atoms with Gasteiger partial charge in [-0.1, -0.05) is 41.9 Å². The molecule has 1 heterocycles. The number of allylic oxidation sites excluding steroid dienone is 2. The lowest BCUT2D eigenvalue weighted by atomic mass is 10.2. The van der Waals surface area contributed by atoms with Crippen LogP contribution in [0.25, 0.3) is 0 Å². The Morgan fingerprint density at radius 1 is 1.79 bits per heavy atom. The fourth-order valence-electron chi connectivity index (χ4n) is 0.881. The molecule has 0 radical (unpaired) electrons. The Labute approximate surface area is 92.0 Å². The van der Waals surface area contributed by atoms with E-state index in [0.29, 0.717) is 0 Å². The quantitative estimate of drug-likeness (QED) is 0.350. The summed E-state index contributed by atoms with van der Waals surface area (Å²) in [4.78, 5) is 10.0. The molecule has 0 amide bonds. The van der Waals surface area contributed by atoms with Gasteiger partial charge in [0.25, 0.3) is 0 Å². The third-order valence-corrected chi connectivity index (χ3v) is 2.09. The highest BCUT2D eigenvalue weighted by molar-refractivity contribution is 6.37. The molecule has 1 rings (SSSR count). The van der Waals surface area contributed by atoms with E-state index in [-0.39, 0.29) is 11.8 Å². The molecule has 0 fully saturated rings. The van der Waals surface area contributed by atoms with Gasteiger partial charge in [0.2, 0.25) is 5.00 Å². The van der Waals surface area contributed by atoms with Crippen molar-refractivity contribution in [2.45, 2.75) is 5.00 Å². The molecule has 1 atom stereocenters. The van der Waals surface area contributed by atoms with E-state index in [1.807, 2.05) is 0 Å². The molecule has 1 aliphatic rings. The monoisotopic (exact) mass is 233 g/mol. The Kier molecular flexibility index (Phi) is 3.61. The van der Waals surface area contributed by atoms with Crippen molar-refractivity contribution in [2.75, 3.05) is 6.61 Å². The first kappa shape index (κ1) is 11.1. The van der Waals surface area contributed by atoms with E-state index in [2.05, 4.69) is 11.9 Å². The Bertz CT molecular complexity index is 312. The smallest absolute Gasteiger partial charge is 0.352 e. The maximum Gasteiger partial charge on any atom is 0.352 e. The van der Waals surface area contributed by atoms with E-state index in [9.17, 15) is 4.79 Å². The normalized spacial score (nSPS) is 24.9. The molecule has 14 heavy (non-hydrogen) atoms. The molecule has 0 spiro atoms. The predicted molar refractivity (Wildman–Crippen MR) is 56.0 cm³/mol. The maximum absolute atomic E-state index is 11.4. The molecule has 0 aromatic rings. The second kappa shape index (κ2) is 4.53. The highest BCUT2D eigenvalue weighted by Crippen LogP contribution is 2.22. The number of ether oxygens (including phenoxy) is 1. The zero-order chi connectivity index (χ0) is 10.6. The number of hydrogen-bond donors (Lipinski definition) is 1. The molecule has 0 aliphatic carbocycles. The van der Waals surface area contributed by atoms with Crippen molar-refractivity contribution in [3.05, 3.63) is 36.0 Å². The van der Waals surface area contributed by atoms with Crippen LogP contribution in [0.15, 0.2) is 36.0 Å². The summed E-state index contributed by atoms with van der Waals surface area (Å²) in [6.45, 7) is 3.53. The molecule has 0 bridgehead atoms. The van der Waals surface area contributed by atoms with E-state index < -0.39 is 11.0 Å². The van der Waals surface area contributed by atoms with Gasteiger partial charge in [0.05, 0.1) is 0 Å². The molecule has 3 nitrogen and oxygen atoms in total. The van der Waals surface area contributed by atoms with E-state index in [1.165, 1.54) is 12.2 Å². The van der Waals surface area contributed by atoms with Crippen LogP contribution in [0.1, 0.15) is 0 Å². The van der Waals surface area contributed by atoms with Crippen molar-refractivity contribution in [3.63, 3.8) is 0 Å². The molecule has 5 heteroatoms. The lowest BCUT2D eigenvalue weighted by Crippen LogP contribution is -2.46. The summed E-state index contributed by atoms with van der Waals surface area (Å²) < 4.78 is 4.79. The third-order valence-electron chi connectivity index (χ3n) is 1.50. The summed E-state index contributed by atoms with van der Waals surface area (Å²) >= 11 is 11.6. The zero-order valence-electron chi connectivity index (χ0n) is 7.30. The molecular weight excluding hydrogens is 225 g/mol. The summed E-state index contributed by atoms with van der Waals surface area (Å²) in [7, 11) is 0. The molecule has 76 valence electrons. The largest absolute Gasteiger partial charge is 0.459 e. The van der Waals surface area contributed by atoms with Gasteiger partial charge in [-0.2, -0.15) is 0 Å². The standard InChI is InChI=1S/C9H9Cl2NO2/c1-2-6-14-8(13)9(11)5-3-4-7(10)12-9/h2-5,12H,1,6H2. The SMILES string of the molecule is C=CCOC(=O)C1(Cl)C=CC=C(Cl)N1. The van der Waals surface area contributed by atoms with Crippen LogP contribution in [0.3, 0.4) is 0 Å². The van der Waals surface area contributed by atoms with Crippen molar-refractivity contribution in [3.8, 4) is 0 Å². The third kappa shape index (κ3) is 2.53. The van der Waals surface area contributed by atoms with Gasteiger partial charge in [0.15, 0.2) is 0 Å². The second-order valence-corrected chi connectivity index (χ2v) is 3.60. The van der Waals surface area contributed by atoms with Crippen molar-refractivity contribution < 1.29 is 9.53 Å². The fourth-order valence-corrected chi connectivity index (χ4v) is 1.38. The molecule has 1 N–H and O–H groups in total. The van der Waals surface area contributed by atoms with E-state index in [4.69, 9.17) is 27.9 Å². The number of hydrogen-bond acceptors (Lipinski definition) is 3. The van der Waals surface area contributed by atoms with Gasteiger partial charge in [-0.25, -0.2) is 4.79 Å². The number of esters is 1. The maximum atomic E-state index is 11.4. The molecule has 0 saturated carbocycles. The van der Waals surface area contributed by atoms with E-state index >= 15 is 0 Å².